The maximum absolute atomic E-state index is 12.5. The van der Waals surface area contributed by atoms with Gasteiger partial charge in [0.05, 0.1) is 5.41 Å². The highest BCUT2D eigenvalue weighted by molar-refractivity contribution is 5.82. The monoisotopic (exact) mass is 252 g/mol. The van der Waals surface area contributed by atoms with E-state index in [9.17, 15) is 4.79 Å². The fourth-order valence-electron chi connectivity index (χ4n) is 3.43. The first-order valence-corrected chi connectivity index (χ1v) is 7.65. The van der Waals surface area contributed by atoms with Crippen LogP contribution in [0.4, 0.5) is 0 Å². The van der Waals surface area contributed by atoms with Gasteiger partial charge in [-0.1, -0.05) is 20.3 Å². The highest BCUT2D eigenvalue weighted by Crippen LogP contribution is 2.43. The summed E-state index contributed by atoms with van der Waals surface area (Å²) in [5.74, 6) is 0.311. The first kappa shape index (κ1) is 13.9. The van der Waals surface area contributed by atoms with E-state index >= 15 is 0 Å². The number of amides is 1. The Morgan fingerprint density at radius 2 is 1.78 bits per heavy atom. The van der Waals surface area contributed by atoms with E-state index in [1.165, 1.54) is 25.7 Å². The average Bonchev–Trinajstić information content (AvgIpc) is 2.38. The van der Waals surface area contributed by atoms with Crippen molar-refractivity contribution in [1.82, 2.24) is 10.6 Å². The lowest BCUT2D eigenvalue weighted by Crippen LogP contribution is -2.50. The largest absolute Gasteiger partial charge is 0.355 e. The van der Waals surface area contributed by atoms with Crippen molar-refractivity contribution in [3.8, 4) is 0 Å². The summed E-state index contributed by atoms with van der Waals surface area (Å²) in [5, 5.41) is 6.63. The van der Waals surface area contributed by atoms with Gasteiger partial charge in [0, 0.05) is 6.54 Å². The minimum Gasteiger partial charge on any atom is -0.355 e. The lowest BCUT2D eigenvalue weighted by Gasteiger charge is -2.43. The van der Waals surface area contributed by atoms with E-state index in [-0.39, 0.29) is 5.41 Å². The Morgan fingerprint density at radius 1 is 1.11 bits per heavy atom. The fourth-order valence-corrected chi connectivity index (χ4v) is 3.43. The van der Waals surface area contributed by atoms with Crippen LogP contribution in [0.25, 0.3) is 0 Å². The van der Waals surface area contributed by atoms with Gasteiger partial charge in [0.1, 0.15) is 0 Å². The van der Waals surface area contributed by atoms with Crippen LogP contribution in [0.2, 0.25) is 0 Å². The second-order valence-electron chi connectivity index (χ2n) is 6.27. The van der Waals surface area contributed by atoms with Crippen LogP contribution >= 0.6 is 0 Å². The zero-order chi connectivity index (χ0) is 13.1. The summed E-state index contributed by atoms with van der Waals surface area (Å²) in [6.07, 6.45) is 8.10. The van der Waals surface area contributed by atoms with E-state index < -0.39 is 0 Å². The molecule has 1 aliphatic heterocycles. The second kappa shape index (κ2) is 5.60. The SMILES string of the molecule is CCC1(CNC(=O)C2(CC)CCNCC2)CCC1. The lowest BCUT2D eigenvalue weighted by atomic mass is 9.66. The Labute approximate surface area is 111 Å². The summed E-state index contributed by atoms with van der Waals surface area (Å²) < 4.78 is 0. The molecule has 1 amide bonds. The maximum Gasteiger partial charge on any atom is 0.226 e. The molecule has 1 aliphatic carbocycles. The number of hydrogen-bond acceptors (Lipinski definition) is 2. The summed E-state index contributed by atoms with van der Waals surface area (Å²) >= 11 is 0. The normalized spacial score (nSPS) is 25.2. The van der Waals surface area contributed by atoms with E-state index in [0.717, 1.165) is 38.9 Å². The van der Waals surface area contributed by atoms with Gasteiger partial charge in [-0.15, -0.1) is 0 Å². The molecule has 3 heteroatoms. The fraction of sp³-hybridized carbons (Fsp3) is 0.933. The van der Waals surface area contributed by atoms with Gasteiger partial charge < -0.3 is 10.6 Å². The van der Waals surface area contributed by atoms with E-state index in [1.807, 2.05) is 0 Å². The van der Waals surface area contributed by atoms with Crippen LogP contribution in [0.5, 0.6) is 0 Å². The Balaban J connectivity index is 1.89. The zero-order valence-corrected chi connectivity index (χ0v) is 12.0. The summed E-state index contributed by atoms with van der Waals surface area (Å²) in [6.45, 7) is 7.28. The molecule has 1 saturated carbocycles. The molecule has 18 heavy (non-hydrogen) atoms. The van der Waals surface area contributed by atoms with Crippen molar-refractivity contribution in [2.24, 2.45) is 10.8 Å². The molecule has 0 atom stereocenters. The van der Waals surface area contributed by atoms with Crippen LogP contribution in [0.15, 0.2) is 0 Å². The third kappa shape index (κ3) is 2.56. The molecular weight excluding hydrogens is 224 g/mol. The molecule has 2 rings (SSSR count). The van der Waals surface area contributed by atoms with Crippen molar-refractivity contribution < 1.29 is 4.79 Å². The van der Waals surface area contributed by atoms with Crippen molar-refractivity contribution >= 4 is 5.91 Å². The Hall–Kier alpha value is -0.570. The predicted octanol–water partition coefficient (Wildman–Crippen LogP) is 2.46. The quantitative estimate of drug-likeness (QED) is 0.789. The van der Waals surface area contributed by atoms with E-state index in [1.54, 1.807) is 0 Å². The van der Waals surface area contributed by atoms with Gasteiger partial charge >= 0.3 is 0 Å². The smallest absolute Gasteiger partial charge is 0.226 e. The summed E-state index contributed by atoms with van der Waals surface area (Å²) in [7, 11) is 0. The van der Waals surface area contributed by atoms with Crippen molar-refractivity contribution in [1.29, 1.82) is 0 Å². The highest BCUT2D eigenvalue weighted by atomic mass is 16.2. The van der Waals surface area contributed by atoms with Gasteiger partial charge in [-0.3, -0.25) is 4.79 Å². The van der Waals surface area contributed by atoms with Crippen molar-refractivity contribution in [2.45, 2.75) is 58.8 Å². The van der Waals surface area contributed by atoms with Crippen LogP contribution in [0, 0.1) is 10.8 Å². The van der Waals surface area contributed by atoms with Crippen molar-refractivity contribution in [3.05, 3.63) is 0 Å². The van der Waals surface area contributed by atoms with Gasteiger partial charge in [0.2, 0.25) is 5.91 Å². The van der Waals surface area contributed by atoms with E-state index in [0.29, 0.717) is 11.3 Å². The van der Waals surface area contributed by atoms with E-state index in [2.05, 4.69) is 24.5 Å². The number of carbonyl (C=O) groups is 1. The van der Waals surface area contributed by atoms with Crippen LogP contribution in [-0.2, 0) is 4.79 Å². The van der Waals surface area contributed by atoms with Crippen LogP contribution in [0.1, 0.15) is 58.8 Å². The number of nitrogens with one attached hydrogen (secondary N) is 2. The van der Waals surface area contributed by atoms with E-state index in [4.69, 9.17) is 0 Å². The molecular formula is C15H28N2O. The molecule has 0 aromatic heterocycles. The third-order valence-electron chi connectivity index (χ3n) is 5.51. The van der Waals surface area contributed by atoms with Gasteiger partial charge in [0.15, 0.2) is 0 Å². The third-order valence-corrected chi connectivity index (χ3v) is 5.51. The molecule has 2 aliphatic rings. The molecule has 2 N–H and O–H groups in total. The van der Waals surface area contributed by atoms with Gasteiger partial charge in [0.25, 0.3) is 0 Å². The predicted molar refractivity (Wildman–Crippen MR) is 74.4 cm³/mol. The summed E-state index contributed by atoms with van der Waals surface area (Å²) in [6, 6.07) is 0. The Morgan fingerprint density at radius 3 is 2.22 bits per heavy atom. The van der Waals surface area contributed by atoms with Crippen molar-refractivity contribution in [2.75, 3.05) is 19.6 Å². The first-order chi connectivity index (χ1) is 8.66. The molecule has 3 nitrogen and oxygen atoms in total. The molecule has 0 aromatic carbocycles. The number of rotatable bonds is 5. The highest BCUT2D eigenvalue weighted by Gasteiger charge is 2.40. The lowest BCUT2D eigenvalue weighted by molar-refractivity contribution is -0.133. The van der Waals surface area contributed by atoms with Crippen LogP contribution in [0.3, 0.4) is 0 Å². The molecule has 1 saturated heterocycles. The van der Waals surface area contributed by atoms with Crippen molar-refractivity contribution in [3.63, 3.8) is 0 Å². The van der Waals surface area contributed by atoms with Crippen LogP contribution in [-0.4, -0.2) is 25.5 Å². The molecule has 0 bridgehead atoms. The number of hydrogen-bond donors (Lipinski definition) is 2. The summed E-state index contributed by atoms with van der Waals surface area (Å²) in [4.78, 5) is 12.5. The first-order valence-electron chi connectivity index (χ1n) is 7.65. The molecule has 0 radical (unpaired) electrons. The summed E-state index contributed by atoms with van der Waals surface area (Å²) in [5.41, 5.74) is 0.335. The minimum absolute atomic E-state index is 0.0933. The molecule has 104 valence electrons. The standard InChI is InChI=1S/C15H28N2O/c1-3-14(6-5-7-14)12-17-13(18)15(4-2)8-10-16-11-9-15/h16H,3-12H2,1-2H3,(H,17,18). The minimum atomic E-state index is -0.0933. The van der Waals surface area contributed by atoms with Crippen LogP contribution < -0.4 is 10.6 Å². The van der Waals surface area contributed by atoms with Gasteiger partial charge in [-0.25, -0.2) is 0 Å². The Kier molecular flexibility index (Phi) is 4.31. The molecule has 2 fully saturated rings. The molecule has 1 heterocycles. The number of carbonyl (C=O) groups excluding carboxylic acids is 1. The molecule has 0 unspecified atom stereocenters. The number of piperidine rings is 1. The molecule has 0 spiro atoms. The average molecular weight is 252 g/mol. The second-order valence-corrected chi connectivity index (χ2v) is 6.27. The van der Waals surface area contributed by atoms with Gasteiger partial charge in [-0.05, 0) is 57.0 Å². The Bertz CT molecular complexity index is 285. The topological polar surface area (TPSA) is 41.1 Å². The maximum atomic E-state index is 12.5. The zero-order valence-electron chi connectivity index (χ0n) is 12.0. The van der Waals surface area contributed by atoms with Gasteiger partial charge in [-0.2, -0.15) is 0 Å². The molecule has 0 aromatic rings.